The summed E-state index contributed by atoms with van der Waals surface area (Å²) in [6.07, 6.45) is 10.4. The van der Waals surface area contributed by atoms with E-state index in [1.807, 2.05) is 0 Å². The second kappa shape index (κ2) is 7.43. The molecule has 2 heterocycles. The minimum atomic E-state index is -0.555. The molecule has 0 unspecified atom stereocenters. The molecule has 0 spiro atoms. The zero-order chi connectivity index (χ0) is 21.8. The summed E-state index contributed by atoms with van der Waals surface area (Å²) >= 11 is 0. The highest BCUT2D eigenvalue weighted by atomic mass is 16.1. The summed E-state index contributed by atoms with van der Waals surface area (Å²) in [5, 5.41) is 8.23. The van der Waals surface area contributed by atoms with Crippen LogP contribution in [0.3, 0.4) is 0 Å². The third kappa shape index (κ3) is 3.95. The first-order valence-corrected chi connectivity index (χ1v) is 11.4. The summed E-state index contributed by atoms with van der Waals surface area (Å²) in [4.78, 5) is 34.1. The maximum Gasteiger partial charge on any atom is 0.254 e. The van der Waals surface area contributed by atoms with Crippen LogP contribution in [0.2, 0.25) is 0 Å². The van der Waals surface area contributed by atoms with Gasteiger partial charge in [0, 0.05) is 18.7 Å². The Balaban J connectivity index is 1.59. The fourth-order valence-corrected chi connectivity index (χ4v) is 4.96. The molecular formula is C23H30N6O2. The fourth-order valence-electron chi connectivity index (χ4n) is 4.96. The summed E-state index contributed by atoms with van der Waals surface area (Å²) in [6.45, 7) is 4.21. The van der Waals surface area contributed by atoms with Gasteiger partial charge < -0.3 is 11.1 Å². The molecule has 2 aromatic rings. The number of nitrogens with one attached hydrogen (secondary N) is 1. The molecule has 3 aliphatic carbocycles. The first kappa shape index (κ1) is 20.2. The number of carbonyl (C=O) groups is 2. The number of carbonyl (C=O) groups excluding carboxylic acids is 2. The largest absolute Gasteiger partial charge is 0.367 e. The van der Waals surface area contributed by atoms with Crippen molar-refractivity contribution in [3.63, 3.8) is 0 Å². The Kier molecular flexibility index (Phi) is 4.83. The molecule has 0 radical (unpaired) electrons. The Labute approximate surface area is 182 Å². The van der Waals surface area contributed by atoms with Crippen molar-refractivity contribution in [1.29, 1.82) is 0 Å². The normalized spacial score (nSPS) is 20.6. The van der Waals surface area contributed by atoms with E-state index in [9.17, 15) is 9.59 Å². The van der Waals surface area contributed by atoms with Crippen LogP contribution in [0, 0.1) is 11.3 Å². The number of Topliss-reactive ketones (excluding diaryl/α,β-unsaturated/α-hetero) is 1. The van der Waals surface area contributed by atoms with Gasteiger partial charge in [0.05, 0.1) is 22.5 Å². The van der Waals surface area contributed by atoms with Crippen molar-refractivity contribution < 1.29 is 9.59 Å². The van der Waals surface area contributed by atoms with Gasteiger partial charge in [-0.2, -0.15) is 10.1 Å². The predicted octanol–water partition coefficient (Wildman–Crippen LogP) is 3.22. The Hall–Kier alpha value is -2.77. The van der Waals surface area contributed by atoms with E-state index in [-0.39, 0.29) is 22.8 Å². The molecule has 2 saturated carbocycles. The van der Waals surface area contributed by atoms with Gasteiger partial charge in [-0.3, -0.25) is 9.59 Å². The summed E-state index contributed by atoms with van der Waals surface area (Å²) in [5.41, 5.74) is 8.24. The molecule has 2 aromatic heterocycles. The molecule has 5 rings (SSSR count). The number of nitrogens with zero attached hydrogens (tertiary/aromatic N) is 4. The molecule has 0 atom stereocenters. The minimum Gasteiger partial charge on any atom is -0.367 e. The SMILES string of the molecule is CC1(C)CC(=O)c2c(CC3CC3)nn(-c3ncc(C(N)=O)c(NC4CCCC4)n3)c2C1. The lowest BCUT2D eigenvalue weighted by Crippen LogP contribution is -2.29. The van der Waals surface area contributed by atoms with Gasteiger partial charge in [-0.05, 0) is 49.9 Å². The van der Waals surface area contributed by atoms with Crippen molar-refractivity contribution in [2.75, 3.05) is 5.32 Å². The zero-order valence-electron chi connectivity index (χ0n) is 18.3. The van der Waals surface area contributed by atoms with Gasteiger partial charge in [0.2, 0.25) is 0 Å². The highest BCUT2D eigenvalue weighted by Gasteiger charge is 2.38. The van der Waals surface area contributed by atoms with E-state index < -0.39 is 5.91 Å². The van der Waals surface area contributed by atoms with Crippen molar-refractivity contribution in [2.24, 2.45) is 17.1 Å². The van der Waals surface area contributed by atoms with Crippen LogP contribution in [-0.2, 0) is 12.8 Å². The van der Waals surface area contributed by atoms with Crippen LogP contribution in [0.25, 0.3) is 5.95 Å². The van der Waals surface area contributed by atoms with E-state index in [2.05, 4.69) is 29.1 Å². The van der Waals surface area contributed by atoms with E-state index >= 15 is 0 Å². The number of anilines is 1. The number of rotatable bonds is 6. The second-order valence-electron chi connectivity index (χ2n) is 10.2. The molecule has 0 bridgehead atoms. The molecule has 3 N–H and O–H groups in total. The lowest BCUT2D eigenvalue weighted by molar-refractivity contribution is 0.0909. The summed E-state index contributed by atoms with van der Waals surface area (Å²) in [6, 6.07) is 0.276. The average molecular weight is 423 g/mol. The molecule has 0 saturated heterocycles. The number of amides is 1. The van der Waals surface area contributed by atoms with Gasteiger partial charge in [0.15, 0.2) is 5.78 Å². The first-order chi connectivity index (χ1) is 14.8. The van der Waals surface area contributed by atoms with Crippen LogP contribution >= 0.6 is 0 Å². The van der Waals surface area contributed by atoms with Crippen molar-refractivity contribution in [3.05, 3.63) is 28.7 Å². The van der Waals surface area contributed by atoms with Crippen molar-refractivity contribution in [3.8, 4) is 5.95 Å². The van der Waals surface area contributed by atoms with Crippen molar-refractivity contribution in [2.45, 2.75) is 77.7 Å². The monoisotopic (exact) mass is 422 g/mol. The Bertz CT molecular complexity index is 1050. The molecule has 1 amide bonds. The van der Waals surface area contributed by atoms with Gasteiger partial charge >= 0.3 is 0 Å². The number of hydrogen-bond donors (Lipinski definition) is 2. The molecule has 3 aliphatic rings. The fraction of sp³-hybridized carbons (Fsp3) is 0.609. The number of fused-ring (bicyclic) bond motifs is 1. The third-order valence-electron chi connectivity index (χ3n) is 6.72. The molecule has 164 valence electrons. The van der Waals surface area contributed by atoms with Crippen molar-refractivity contribution >= 4 is 17.5 Å². The lowest BCUT2D eigenvalue weighted by atomic mass is 9.75. The third-order valence-corrected chi connectivity index (χ3v) is 6.72. The maximum atomic E-state index is 13.0. The Morgan fingerprint density at radius 2 is 1.97 bits per heavy atom. The van der Waals surface area contributed by atoms with Gasteiger partial charge in [-0.15, -0.1) is 0 Å². The summed E-state index contributed by atoms with van der Waals surface area (Å²) in [5.74, 6) is 1.06. The highest BCUT2D eigenvalue weighted by Crippen LogP contribution is 2.40. The molecular weight excluding hydrogens is 392 g/mol. The second-order valence-corrected chi connectivity index (χ2v) is 10.2. The summed E-state index contributed by atoms with van der Waals surface area (Å²) in [7, 11) is 0. The average Bonchev–Trinajstić information content (AvgIpc) is 3.22. The van der Waals surface area contributed by atoms with Crippen LogP contribution in [0.15, 0.2) is 6.20 Å². The lowest BCUT2D eigenvalue weighted by Gasteiger charge is -2.29. The van der Waals surface area contributed by atoms with Crippen LogP contribution < -0.4 is 11.1 Å². The number of nitrogens with two attached hydrogens (primary N) is 1. The highest BCUT2D eigenvalue weighted by molar-refractivity contribution is 6.00. The standard InChI is InChI=1S/C23H30N6O2/c1-23(2)10-17-19(18(30)11-23)16(9-13-7-8-13)28-29(17)22-25-12-15(20(24)31)21(27-22)26-14-5-3-4-6-14/h12-14H,3-11H2,1-2H3,(H2,24,31)(H,25,26,27). The van der Waals surface area contributed by atoms with Crippen LogP contribution in [0.5, 0.6) is 0 Å². The number of hydrogen-bond acceptors (Lipinski definition) is 6. The minimum absolute atomic E-state index is 0.142. The smallest absolute Gasteiger partial charge is 0.254 e. The van der Waals surface area contributed by atoms with Gasteiger partial charge in [0.1, 0.15) is 5.82 Å². The van der Waals surface area contributed by atoms with Crippen LogP contribution in [0.4, 0.5) is 5.82 Å². The molecule has 31 heavy (non-hydrogen) atoms. The van der Waals surface area contributed by atoms with Gasteiger partial charge in [-0.25, -0.2) is 9.67 Å². The number of ketones is 1. The van der Waals surface area contributed by atoms with Gasteiger partial charge in [0.25, 0.3) is 11.9 Å². The molecule has 0 aromatic carbocycles. The molecule has 0 aliphatic heterocycles. The van der Waals surface area contributed by atoms with E-state index in [1.54, 1.807) is 4.68 Å². The molecule has 2 fully saturated rings. The van der Waals surface area contributed by atoms with Crippen LogP contribution in [-0.4, -0.2) is 37.5 Å². The summed E-state index contributed by atoms with van der Waals surface area (Å²) < 4.78 is 1.73. The van der Waals surface area contributed by atoms with Crippen LogP contribution in [0.1, 0.15) is 90.9 Å². The number of primary amides is 1. The van der Waals surface area contributed by atoms with E-state index in [4.69, 9.17) is 10.8 Å². The zero-order valence-corrected chi connectivity index (χ0v) is 18.3. The van der Waals surface area contributed by atoms with E-state index in [1.165, 1.54) is 19.0 Å². The first-order valence-electron chi connectivity index (χ1n) is 11.4. The number of aromatic nitrogens is 4. The quantitative estimate of drug-likeness (QED) is 0.738. The van der Waals surface area contributed by atoms with Crippen molar-refractivity contribution in [1.82, 2.24) is 19.7 Å². The molecule has 8 nitrogen and oxygen atoms in total. The molecule has 8 heteroatoms. The predicted molar refractivity (Wildman–Crippen MR) is 116 cm³/mol. The van der Waals surface area contributed by atoms with Gasteiger partial charge in [-0.1, -0.05) is 26.7 Å². The van der Waals surface area contributed by atoms with E-state index in [0.717, 1.165) is 55.5 Å². The Morgan fingerprint density at radius 1 is 1.23 bits per heavy atom. The topological polar surface area (TPSA) is 116 Å². The van der Waals surface area contributed by atoms with E-state index in [0.29, 0.717) is 24.1 Å². The Morgan fingerprint density at radius 3 is 2.65 bits per heavy atom. The maximum absolute atomic E-state index is 13.0.